The van der Waals surface area contributed by atoms with E-state index in [1.807, 2.05) is 0 Å². The van der Waals surface area contributed by atoms with E-state index in [4.69, 9.17) is 4.74 Å². The lowest BCUT2D eigenvalue weighted by atomic mass is 10.1. The van der Waals surface area contributed by atoms with Crippen LogP contribution in [0.5, 0.6) is 0 Å². The molecule has 1 saturated carbocycles. The number of ether oxygens (including phenoxy) is 1. The number of nitro groups is 1. The van der Waals surface area contributed by atoms with Crippen LogP contribution in [-0.2, 0) is 4.74 Å². The average molecular weight is 249 g/mol. The maximum Gasteiger partial charge on any atom is 0.270 e. The van der Waals surface area contributed by atoms with Crippen molar-refractivity contribution in [3.8, 4) is 0 Å². The number of nitrogens with zero attached hydrogens (tertiary/aromatic N) is 1. The first-order valence-electron chi connectivity index (χ1n) is 6.02. The molecule has 1 aromatic carbocycles. The second-order valence-electron chi connectivity index (χ2n) is 4.52. The molecule has 1 aliphatic rings. The van der Waals surface area contributed by atoms with Crippen LogP contribution in [0.3, 0.4) is 0 Å². The molecule has 0 radical (unpaired) electrons. The van der Waals surface area contributed by atoms with Crippen molar-refractivity contribution in [2.24, 2.45) is 5.92 Å². The van der Waals surface area contributed by atoms with Crippen molar-refractivity contribution in [3.05, 3.63) is 39.9 Å². The lowest BCUT2D eigenvalue weighted by molar-refractivity contribution is -0.384. The van der Waals surface area contributed by atoms with Crippen molar-refractivity contribution in [2.75, 3.05) is 13.2 Å². The van der Waals surface area contributed by atoms with Gasteiger partial charge in [0.05, 0.1) is 4.92 Å². The first-order chi connectivity index (χ1) is 8.66. The number of rotatable bonds is 7. The van der Waals surface area contributed by atoms with Crippen LogP contribution in [0.2, 0.25) is 0 Å². The molecule has 0 heterocycles. The molecule has 96 valence electrons. The van der Waals surface area contributed by atoms with Gasteiger partial charge in [0.2, 0.25) is 0 Å². The summed E-state index contributed by atoms with van der Waals surface area (Å²) >= 11 is 0. The molecule has 0 aromatic heterocycles. The predicted molar refractivity (Wildman–Crippen MR) is 65.6 cm³/mol. The summed E-state index contributed by atoms with van der Waals surface area (Å²) in [5.41, 5.74) is 0.259. The van der Waals surface area contributed by atoms with Crippen LogP contribution < -0.4 is 0 Å². The van der Waals surface area contributed by atoms with Crippen LogP contribution in [0.4, 0.5) is 5.69 Å². The van der Waals surface area contributed by atoms with Gasteiger partial charge in [-0.05, 0) is 12.3 Å². The number of carbonyl (C=O) groups is 1. The van der Waals surface area contributed by atoms with Crippen LogP contribution in [0, 0.1) is 16.0 Å². The molecule has 2 rings (SSSR count). The summed E-state index contributed by atoms with van der Waals surface area (Å²) in [4.78, 5) is 21.8. The first kappa shape index (κ1) is 12.7. The number of non-ortho nitro benzene ring substituents is 1. The summed E-state index contributed by atoms with van der Waals surface area (Å²) in [6, 6.07) is 5.73. The Hall–Kier alpha value is -1.75. The van der Waals surface area contributed by atoms with E-state index in [1.165, 1.54) is 31.0 Å². The summed E-state index contributed by atoms with van der Waals surface area (Å²) in [5.74, 6) is 0.562. The van der Waals surface area contributed by atoms with Crippen LogP contribution in [-0.4, -0.2) is 23.9 Å². The maximum atomic E-state index is 11.7. The Kier molecular flexibility index (Phi) is 4.04. The van der Waals surface area contributed by atoms with Gasteiger partial charge in [-0.1, -0.05) is 25.0 Å². The van der Waals surface area contributed by atoms with Crippen molar-refractivity contribution in [2.45, 2.75) is 19.3 Å². The molecule has 0 aliphatic heterocycles. The quantitative estimate of drug-likeness (QED) is 0.322. The molecule has 1 aliphatic carbocycles. The van der Waals surface area contributed by atoms with E-state index in [1.54, 1.807) is 6.07 Å². The highest BCUT2D eigenvalue weighted by Crippen LogP contribution is 2.32. The number of Topliss-reactive ketones (excluding diaryl/α,β-unsaturated/α-hetero) is 1. The van der Waals surface area contributed by atoms with Crippen molar-refractivity contribution in [1.82, 2.24) is 0 Å². The highest BCUT2D eigenvalue weighted by Gasteiger charge is 2.20. The van der Waals surface area contributed by atoms with E-state index < -0.39 is 4.92 Å². The number of carbonyl (C=O) groups excluding carboxylic acids is 1. The zero-order valence-electron chi connectivity index (χ0n) is 10.0. The van der Waals surface area contributed by atoms with Gasteiger partial charge in [-0.25, -0.2) is 0 Å². The average Bonchev–Trinajstić information content (AvgIpc) is 3.18. The topological polar surface area (TPSA) is 69.4 Å². The van der Waals surface area contributed by atoms with Crippen LogP contribution in [0.1, 0.15) is 29.6 Å². The zero-order valence-corrected chi connectivity index (χ0v) is 10.0. The molecule has 5 heteroatoms. The lowest BCUT2D eigenvalue weighted by Crippen LogP contribution is -2.10. The summed E-state index contributed by atoms with van der Waals surface area (Å²) in [5, 5.41) is 10.6. The maximum absolute atomic E-state index is 11.7. The Bertz CT molecular complexity index is 454. The zero-order chi connectivity index (χ0) is 13.0. The first-order valence-corrected chi connectivity index (χ1v) is 6.02. The standard InChI is InChI=1S/C13H15NO4/c15-13(9-18-7-6-10-4-5-10)11-2-1-3-12(8-11)14(16)17/h1-3,8,10H,4-7,9H2. The molecular formula is C13H15NO4. The molecular weight excluding hydrogens is 234 g/mol. The third-order valence-electron chi connectivity index (χ3n) is 2.98. The molecule has 18 heavy (non-hydrogen) atoms. The molecule has 0 atom stereocenters. The molecule has 0 N–H and O–H groups in total. The van der Waals surface area contributed by atoms with Gasteiger partial charge in [0.15, 0.2) is 5.78 Å². The molecule has 0 unspecified atom stereocenters. The van der Waals surface area contributed by atoms with Gasteiger partial charge in [-0.2, -0.15) is 0 Å². The molecule has 0 spiro atoms. The fraction of sp³-hybridized carbons (Fsp3) is 0.462. The number of benzene rings is 1. The predicted octanol–water partition coefficient (Wildman–Crippen LogP) is 2.59. The van der Waals surface area contributed by atoms with E-state index in [0.717, 1.165) is 12.3 Å². The highest BCUT2D eigenvalue weighted by molar-refractivity contribution is 5.97. The van der Waals surface area contributed by atoms with Crippen LogP contribution in [0.25, 0.3) is 0 Å². The van der Waals surface area contributed by atoms with Gasteiger partial charge in [-0.15, -0.1) is 0 Å². The second-order valence-corrected chi connectivity index (χ2v) is 4.52. The van der Waals surface area contributed by atoms with Crippen molar-refractivity contribution in [3.63, 3.8) is 0 Å². The summed E-state index contributed by atoms with van der Waals surface area (Å²) in [7, 11) is 0. The number of ketones is 1. The van der Waals surface area contributed by atoms with Crippen molar-refractivity contribution < 1.29 is 14.5 Å². The van der Waals surface area contributed by atoms with Gasteiger partial charge >= 0.3 is 0 Å². The van der Waals surface area contributed by atoms with Gasteiger partial charge in [0.25, 0.3) is 5.69 Å². The van der Waals surface area contributed by atoms with E-state index in [2.05, 4.69) is 0 Å². The van der Waals surface area contributed by atoms with Gasteiger partial charge in [0, 0.05) is 24.3 Å². The Morgan fingerprint density at radius 1 is 1.44 bits per heavy atom. The minimum Gasteiger partial charge on any atom is -0.373 e. The van der Waals surface area contributed by atoms with Gasteiger partial charge < -0.3 is 4.74 Å². The summed E-state index contributed by atoms with van der Waals surface area (Å²) in [6.45, 7) is 0.583. The third-order valence-corrected chi connectivity index (χ3v) is 2.98. The van der Waals surface area contributed by atoms with E-state index in [0.29, 0.717) is 12.2 Å². The van der Waals surface area contributed by atoms with E-state index >= 15 is 0 Å². The van der Waals surface area contributed by atoms with Crippen molar-refractivity contribution >= 4 is 11.5 Å². The monoisotopic (exact) mass is 249 g/mol. The Balaban J connectivity index is 1.83. The van der Waals surface area contributed by atoms with E-state index in [9.17, 15) is 14.9 Å². The highest BCUT2D eigenvalue weighted by atomic mass is 16.6. The summed E-state index contributed by atoms with van der Waals surface area (Å²) < 4.78 is 5.28. The molecule has 5 nitrogen and oxygen atoms in total. The number of hydrogen-bond donors (Lipinski definition) is 0. The van der Waals surface area contributed by atoms with Crippen LogP contribution in [0.15, 0.2) is 24.3 Å². The van der Waals surface area contributed by atoms with Gasteiger partial charge in [0.1, 0.15) is 6.61 Å². The number of nitro benzene ring substituents is 1. The Morgan fingerprint density at radius 2 is 2.22 bits per heavy atom. The molecule has 0 amide bonds. The normalized spacial score (nSPS) is 14.4. The van der Waals surface area contributed by atoms with E-state index in [-0.39, 0.29) is 18.1 Å². The lowest BCUT2D eigenvalue weighted by Gasteiger charge is -2.03. The van der Waals surface area contributed by atoms with Crippen molar-refractivity contribution in [1.29, 1.82) is 0 Å². The Morgan fingerprint density at radius 3 is 2.89 bits per heavy atom. The smallest absolute Gasteiger partial charge is 0.270 e. The fourth-order valence-corrected chi connectivity index (χ4v) is 1.70. The largest absolute Gasteiger partial charge is 0.373 e. The Labute approximate surface area is 105 Å². The minimum absolute atomic E-state index is 0.00606. The van der Waals surface area contributed by atoms with Gasteiger partial charge in [-0.3, -0.25) is 14.9 Å². The molecule has 0 bridgehead atoms. The third kappa shape index (κ3) is 3.63. The number of hydrogen-bond acceptors (Lipinski definition) is 4. The molecule has 0 saturated heterocycles. The SMILES string of the molecule is O=C(COCCC1CC1)c1cccc([N+](=O)[O-])c1. The molecule has 1 fully saturated rings. The summed E-state index contributed by atoms with van der Waals surface area (Å²) in [6.07, 6.45) is 3.53. The minimum atomic E-state index is -0.509. The second kappa shape index (κ2) is 5.73. The van der Waals surface area contributed by atoms with Crippen LogP contribution >= 0.6 is 0 Å². The fourth-order valence-electron chi connectivity index (χ4n) is 1.70. The molecule has 1 aromatic rings.